The highest BCUT2D eigenvalue weighted by molar-refractivity contribution is 5.68. The molecule has 92 valence electrons. The second-order valence-corrected chi connectivity index (χ2v) is 5.89. The van der Waals surface area contributed by atoms with Crippen molar-refractivity contribution < 1.29 is 9.53 Å². The van der Waals surface area contributed by atoms with Crippen molar-refractivity contribution in [3.8, 4) is 0 Å². The van der Waals surface area contributed by atoms with Gasteiger partial charge in [0.1, 0.15) is 5.60 Å². The molecule has 0 unspecified atom stereocenters. The van der Waals surface area contributed by atoms with Crippen molar-refractivity contribution in [1.82, 2.24) is 10.2 Å². The van der Waals surface area contributed by atoms with Crippen molar-refractivity contribution in [1.29, 1.82) is 0 Å². The minimum Gasteiger partial charge on any atom is -0.444 e. The molecule has 2 saturated heterocycles. The molecular formula is C12H22N2O2. The van der Waals surface area contributed by atoms with E-state index in [0.29, 0.717) is 5.92 Å². The molecule has 2 fully saturated rings. The van der Waals surface area contributed by atoms with E-state index in [1.165, 1.54) is 0 Å². The van der Waals surface area contributed by atoms with Crippen molar-refractivity contribution in [2.45, 2.75) is 32.8 Å². The van der Waals surface area contributed by atoms with Crippen LogP contribution in [0, 0.1) is 11.8 Å². The molecule has 0 aliphatic carbocycles. The minimum absolute atomic E-state index is 0.151. The zero-order valence-corrected chi connectivity index (χ0v) is 10.5. The Hall–Kier alpha value is -0.770. The summed E-state index contributed by atoms with van der Waals surface area (Å²) in [6.45, 7) is 9.70. The van der Waals surface area contributed by atoms with Crippen LogP contribution in [-0.4, -0.2) is 42.8 Å². The van der Waals surface area contributed by atoms with Gasteiger partial charge in [-0.2, -0.15) is 0 Å². The van der Waals surface area contributed by atoms with Gasteiger partial charge in [-0.25, -0.2) is 4.79 Å². The number of nitrogens with one attached hydrogen (secondary N) is 1. The number of ether oxygens (including phenoxy) is 1. The molecule has 0 bridgehead atoms. The van der Waals surface area contributed by atoms with E-state index in [9.17, 15) is 4.79 Å². The second-order valence-electron chi connectivity index (χ2n) is 5.89. The number of amides is 1. The van der Waals surface area contributed by atoms with Gasteiger partial charge in [0.15, 0.2) is 0 Å². The van der Waals surface area contributed by atoms with E-state index >= 15 is 0 Å². The summed E-state index contributed by atoms with van der Waals surface area (Å²) >= 11 is 0. The Kier molecular flexibility index (Phi) is 3.10. The van der Waals surface area contributed by atoms with E-state index in [1.807, 2.05) is 25.7 Å². The Morgan fingerprint density at radius 1 is 1.31 bits per heavy atom. The van der Waals surface area contributed by atoms with Gasteiger partial charge in [0, 0.05) is 13.1 Å². The Balaban J connectivity index is 1.81. The number of carbonyl (C=O) groups excluding carboxylic acids is 1. The summed E-state index contributed by atoms with van der Waals surface area (Å²) in [7, 11) is 0. The van der Waals surface area contributed by atoms with Crippen molar-refractivity contribution in [3.05, 3.63) is 0 Å². The van der Waals surface area contributed by atoms with Crippen LogP contribution in [0.25, 0.3) is 0 Å². The number of hydrogen-bond acceptors (Lipinski definition) is 3. The lowest BCUT2D eigenvalue weighted by Gasteiger charge is -2.32. The summed E-state index contributed by atoms with van der Waals surface area (Å²) in [5.41, 5.74) is -0.382. The van der Waals surface area contributed by atoms with E-state index in [0.717, 1.165) is 38.5 Å². The number of rotatable bonds is 1. The zero-order chi connectivity index (χ0) is 11.8. The largest absolute Gasteiger partial charge is 0.444 e. The fraction of sp³-hybridized carbons (Fsp3) is 0.917. The zero-order valence-electron chi connectivity index (χ0n) is 10.5. The lowest BCUT2D eigenvalue weighted by Crippen LogP contribution is -2.47. The van der Waals surface area contributed by atoms with Crippen molar-refractivity contribution in [3.63, 3.8) is 0 Å². The van der Waals surface area contributed by atoms with Crippen LogP contribution in [-0.2, 0) is 4.74 Å². The molecule has 2 aliphatic heterocycles. The van der Waals surface area contributed by atoms with Gasteiger partial charge in [0.05, 0.1) is 0 Å². The second kappa shape index (κ2) is 4.24. The fourth-order valence-electron chi connectivity index (χ4n) is 2.31. The minimum atomic E-state index is -0.382. The predicted octanol–water partition coefficient (Wildman–Crippen LogP) is 1.46. The van der Waals surface area contributed by atoms with Crippen LogP contribution in [0.2, 0.25) is 0 Å². The van der Waals surface area contributed by atoms with Crippen LogP contribution < -0.4 is 5.32 Å². The summed E-state index contributed by atoms with van der Waals surface area (Å²) in [4.78, 5) is 13.7. The Morgan fingerprint density at radius 2 is 2.00 bits per heavy atom. The summed E-state index contributed by atoms with van der Waals surface area (Å²) in [5.74, 6) is 1.45. The molecule has 2 heterocycles. The summed E-state index contributed by atoms with van der Waals surface area (Å²) in [6.07, 6.45) is 0.980. The average molecular weight is 226 g/mol. The Bertz CT molecular complexity index is 269. The maximum Gasteiger partial charge on any atom is 0.410 e. The van der Waals surface area contributed by atoms with Crippen LogP contribution in [0.4, 0.5) is 4.79 Å². The molecule has 2 rings (SSSR count). The average Bonchev–Trinajstić information content (AvgIpc) is 2.46. The molecular weight excluding hydrogens is 204 g/mol. The molecule has 1 atom stereocenters. The Labute approximate surface area is 97.3 Å². The van der Waals surface area contributed by atoms with E-state index in [-0.39, 0.29) is 11.7 Å². The first-order valence-electron chi connectivity index (χ1n) is 6.14. The third kappa shape index (κ3) is 2.67. The highest BCUT2D eigenvalue weighted by Crippen LogP contribution is 2.27. The lowest BCUT2D eigenvalue weighted by molar-refractivity contribution is 0.0280. The normalized spacial score (nSPS) is 26.7. The van der Waals surface area contributed by atoms with Crippen LogP contribution in [0.15, 0.2) is 0 Å². The molecule has 4 nitrogen and oxygen atoms in total. The monoisotopic (exact) mass is 226 g/mol. The molecule has 1 N–H and O–H groups in total. The quantitative estimate of drug-likeness (QED) is 0.736. The highest BCUT2D eigenvalue weighted by atomic mass is 16.6. The SMILES string of the molecule is CC(C)(C)OC(=O)N1CC[C@@H](C2CNC2)C1. The van der Waals surface area contributed by atoms with Gasteiger partial charge in [0.25, 0.3) is 0 Å². The lowest BCUT2D eigenvalue weighted by atomic mass is 9.87. The first-order valence-corrected chi connectivity index (χ1v) is 6.14. The molecule has 0 saturated carbocycles. The molecule has 2 aliphatic rings. The molecule has 0 aromatic heterocycles. The van der Waals surface area contributed by atoms with Crippen LogP contribution in [0.1, 0.15) is 27.2 Å². The predicted molar refractivity (Wildman–Crippen MR) is 62.3 cm³/mol. The maximum absolute atomic E-state index is 11.8. The summed E-state index contributed by atoms with van der Waals surface area (Å²) in [5, 5.41) is 3.29. The van der Waals surface area contributed by atoms with E-state index in [2.05, 4.69) is 5.32 Å². The van der Waals surface area contributed by atoms with Gasteiger partial charge in [-0.05, 0) is 52.1 Å². The topological polar surface area (TPSA) is 41.6 Å². The van der Waals surface area contributed by atoms with Crippen LogP contribution >= 0.6 is 0 Å². The third-order valence-corrected chi connectivity index (χ3v) is 3.36. The van der Waals surface area contributed by atoms with E-state index in [4.69, 9.17) is 4.74 Å². The number of likely N-dealkylation sites (tertiary alicyclic amines) is 1. The van der Waals surface area contributed by atoms with E-state index in [1.54, 1.807) is 0 Å². The summed E-state index contributed by atoms with van der Waals surface area (Å²) in [6, 6.07) is 0. The molecule has 16 heavy (non-hydrogen) atoms. The van der Waals surface area contributed by atoms with Gasteiger partial charge < -0.3 is 15.0 Å². The van der Waals surface area contributed by atoms with E-state index < -0.39 is 0 Å². The molecule has 1 amide bonds. The highest BCUT2D eigenvalue weighted by Gasteiger charge is 2.35. The fourth-order valence-corrected chi connectivity index (χ4v) is 2.31. The van der Waals surface area contributed by atoms with Crippen molar-refractivity contribution in [2.75, 3.05) is 26.2 Å². The van der Waals surface area contributed by atoms with Gasteiger partial charge in [-0.3, -0.25) is 0 Å². The van der Waals surface area contributed by atoms with Gasteiger partial charge in [-0.1, -0.05) is 0 Å². The van der Waals surface area contributed by atoms with Crippen molar-refractivity contribution in [2.24, 2.45) is 11.8 Å². The van der Waals surface area contributed by atoms with Crippen molar-refractivity contribution >= 4 is 6.09 Å². The number of hydrogen-bond donors (Lipinski definition) is 1. The Morgan fingerprint density at radius 3 is 2.50 bits per heavy atom. The third-order valence-electron chi connectivity index (χ3n) is 3.36. The first-order chi connectivity index (χ1) is 7.46. The van der Waals surface area contributed by atoms with Crippen LogP contribution in [0.5, 0.6) is 0 Å². The maximum atomic E-state index is 11.8. The number of nitrogens with zero attached hydrogens (tertiary/aromatic N) is 1. The molecule has 0 aromatic rings. The van der Waals surface area contributed by atoms with Gasteiger partial charge >= 0.3 is 6.09 Å². The molecule has 4 heteroatoms. The van der Waals surface area contributed by atoms with Gasteiger partial charge in [0.2, 0.25) is 0 Å². The summed E-state index contributed by atoms with van der Waals surface area (Å²) < 4.78 is 5.37. The smallest absolute Gasteiger partial charge is 0.410 e. The van der Waals surface area contributed by atoms with Crippen LogP contribution in [0.3, 0.4) is 0 Å². The molecule has 0 spiro atoms. The molecule has 0 aromatic carbocycles. The van der Waals surface area contributed by atoms with Gasteiger partial charge in [-0.15, -0.1) is 0 Å². The first kappa shape index (κ1) is 11.7. The molecule has 0 radical (unpaired) electrons. The number of carbonyl (C=O) groups is 1. The standard InChI is InChI=1S/C12H22N2O2/c1-12(2,3)16-11(15)14-5-4-9(8-14)10-6-13-7-10/h9-10,13H,4-8H2,1-3H3/t9-/m1/s1.